The number of halogens is 1. The summed E-state index contributed by atoms with van der Waals surface area (Å²) in [5, 5.41) is 9.79. The average molecular weight is 278 g/mol. The Bertz CT molecular complexity index is 622. The van der Waals surface area contributed by atoms with E-state index in [0.29, 0.717) is 36.7 Å². The maximum Gasteiger partial charge on any atom is 0.306 e. The van der Waals surface area contributed by atoms with Gasteiger partial charge in [-0.1, -0.05) is 6.07 Å². The molecule has 4 N–H and O–H groups in total. The van der Waals surface area contributed by atoms with Crippen LogP contribution in [0.2, 0.25) is 0 Å². The number of nitrogens with two attached hydrogens (primary N) is 1. The molecule has 0 amide bonds. The summed E-state index contributed by atoms with van der Waals surface area (Å²) in [6.45, 7) is 2.31. The van der Waals surface area contributed by atoms with Gasteiger partial charge in [0, 0.05) is 16.6 Å². The van der Waals surface area contributed by atoms with Gasteiger partial charge >= 0.3 is 5.97 Å². The third-order valence-electron chi connectivity index (χ3n) is 3.65. The first-order chi connectivity index (χ1) is 9.54. The fourth-order valence-corrected chi connectivity index (χ4v) is 2.58. The molecule has 2 aromatic rings. The van der Waals surface area contributed by atoms with E-state index < -0.39 is 11.9 Å². The second-order valence-corrected chi connectivity index (χ2v) is 5.06. The molecule has 5 heteroatoms. The van der Waals surface area contributed by atoms with Crippen LogP contribution in [0.3, 0.4) is 0 Å². The lowest BCUT2D eigenvalue weighted by Gasteiger charge is -2.12. The quantitative estimate of drug-likeness (QED) is 0.760. The Labute approximate surface area is 116 Å². The van der Waals surface area contributed by atoms with Crippen molar-refractivity contribution in [3.05, 3.63) is 35.3 Å². The van der Waals surface area contributed by atoms with E-state index in [-0.39, 0.29) is 5.82 Å². The first-order valence-electron chi connectivity index (χ1n) is 6.73. The zero-order valence-electron chi connectivity index (χ0n) is 11.4. The molecule has 1 aromatic carbocycles. The predicted molar refractivity (Wildman–Crippen MR) is 76.1 cm³/mol. The third kappa shape index (κ3) is 2.82. The van der Waals surface area contributed by atoms with Crippen LogP contribution in [-0.4, -0.2) is 22.6 Å². The molecule has 108 valence electrons. The van der Waals surface area contributed by atoms with Crippen molar-refractivity contribution in [2.45, 2.75) is 26.2 Å². The molecule has 4 nitrogen and oxygen atoms in total. The van der Waals surface area contributed by atoms with Crippen LogP contribution in [0, 0.1) is 18.7 Å². The van der Waals surface area contributed by atoms with Gasteiger partial charge in [0.2, 0.25) is 0 Å². The molecule has 0 saturated heterocycles. The van der Waals surface area contributed by atoms with E-state index in [1.165, 1.54) is 6.07 Å². The van der Waals surface area contributed by atoms with Crippen molar-refractivity contribution in [1.29, 1.82) is 0 Å². The van der Waals surface area contributed by atoms with Crippen molar-refractivity contribution in [3.63, 3.8) is 0 Å². The molecule has 0 radical (unpaired) electrons. The summed E-state index contributed by atoms with van der Waals surface area (Å²) in [7, 11) is 0. The summed E-state index contributed by atoms with van der Waals surface area (Å²) in [5.41, 5.74) is 7.72. The van der Waals surface area contributed by atoms with E-state index >= 15 is 0 Å². The molecule has 2 rings (SSSR count). The highest BCUT2D eigenvalue weighted by Crippen LogP contribution is 2.28. The largest absolute Gasteiger partial charge is 0.481 e. The van der Waals surface area contributed by atoms with E-state index in [4.69, 9.17) is 5.73 Å². The number of carboxylic acid groups (broad SMARTS) is 1. The summed E-state index contributed by atoms with van der Waals surface area (Å²) >= 11 is 0. The van der Waals surface area contributed by atoms with Crippen LogP contribution in [0.25, 0.3) is 10.9 Å². The highest BCUT2D eigenvalue weighted by molar-refractivity contribution is 5.86. The Morgan fingerprint density at radius 3 is 2.90 bits per heavy atom. The number of aryl methyl sites for hydroxylation is 1. The maximum atomic E-state index is 14.0. The zero-order valence-corrected chi connectivity index (χ0v) is 11.4. The second kappa shape index (κ2) is 6.05. The molecule has 0 aliphatic carbocycles. The molecule has 1 unspecified atom stereocenters. The van der Waals surface area contributed by atoms with Crippen LogP contribution in [0.5, 0.6) is 0 Å². The molecule has 0 aliphatic heterocycles. The number of aromatic amines is 1. The highest BCUT2D eigenvalue weighted by atomic mass is 19.1. The Balaban J connectivity index is 2.36. The predicted octanol–water partition coefficient (Wildman–Crippen LogP) is 2.60. The Morgan fingerprint density at radius 2 is 2.25 bits per heavy atom. The van der Waals surface area contributed by atoms with Crippen LogP contribution in [0.4, 0.5) is 4.39 Å². The second-order valence-electron chi connectivity index (χ2n) is 5.06. The van der Waals surface area contributed by atoms with Gasteiger partial charge in [0.1, 0.15) is 5.82 Å². The molecule has 1 aromatic heterocycles. The van der Waals surface area contributed by atoms with Gasteiger partial charge in [0.05, 0.1) is 5.92 Å². The topological polar surface area (TPSA) is 79.1 Å². The Kier molecular flexibility index (Phi) is 4.39. The fraction of sp³-hybridized carbons (Fsp3) is 0.400. The molecule has 20 heavy (non-hydrogen) atoms. The van der Waals surface area contributed by atoms with Gasteiger partial charge < -0.3 is 15.8 Å². The summed E-state index contributed by atoms with van der Waals surface area (Å²) in [5.74, 6) is -1.70. The first-order valence-corrected chi connectivity index (χ1v) is 6.73. The molecule has 0 aliphatic rings. The van der Waals surface area contributed by atoms with Crippen molar-refractivity contribution in [2.75, 3.05) is 6.54 Å². The lowest BCUT2D eigenvalue weighted by Crippen LogP contribution is -2.18. The number of fused-ring (bicyclic) bond motifs is 1. The van der Waals surface area contributed by atoms with E-state index in [2.05, 4.69) is 4.98 Å². The number of carbonyl (C=O) groups is 1. The zero-order chi connectivity index (χ0) is 14.7. The normalized spacial score (nSPS) is 12.8. The van der Waals surface area contributed by atoms with Crippen molar-refractivity contribution in [3.8, 4) is 0 Å². The maximum absolute atomic E-state index is 14.0. The van der Waals surface area contributed by atoms with Crippen LogP contribution in [0.15, 0.2) is 18.2 Å². The number of benzene rings is 1. The molecular formula is C15H19FN2O2. The van der Waals surface area contributed by atoms with Gasteiger partial charge in [-0.05, 0) is 50.4 Å². The number of aromatic nitrogens is 1. The van der Waals surface area contributed by atoms with Crippen molar-refractivity contribution >= 4 is 16.9 Å². The lowest BCUT2D eigenvalue weighted by molar-refractivity contribution is -0.141. The summed E-state index contributed by atoms with van der Waals surface area (Å²) in [6, 6.07) is 4.83. The number of aliphatic carboxylic acids is 1. The lowest BCUT2D eigenvalue weighted by atomic mass is 9.93. The number of H-pyrrole nitrogens is 1. The van der Waals surface area contributed by atoms with Gasteiger partial charge in [0.15, 0.2) is 0 Å². The minimum Gasteiger partial charge on any atom is -0.481 e. The van der Waals surface area contributed by atoms with Gasteiger partial charge in [-0.3, -0.25) is 4.79 Å². The number of carboxylic acids is 1. The van der Waals surface area contributed by atoms with Crippen molar-refractivity contribution in [1.82, 2.24) is 4.98 Å². The molecule has 1 heterocycles. The van der Waals surface area contributed by atoms with Crippen LogP contribution in [-0.2, 0) is 11.2 Å². The van der Waals surface area contributed by atoms with E-state index in [1.54, 1.807) is 12.1 Å². The first kappa shape index (κ1) is 14.5. The standard InChI is InChI=1S/C15H19FN2O2/c1-9-11(8-10(15(19)20)4-3-7-17)14-12(16)5-2-6-13(14)18-9/h2,5-6,10,18H,3-4,7-8,17H2,1H3,(H,19,20). The molecular weight excluding hydrogens is 259 g/mol. The van der Waals surface area contributed by atoms with E-state index in [1.807, 2.05) is 6.92 Å². The smallest absolute Gasteiger partial charge is 0.306 e. The summed E-state index contributed by atoms with van der Waals surface area (Å²) < 4.78 is 14.0. The number of hydrogen-bond acceptors (Lipinski definition) is 2. The van der Waals surface area contributed by atoms with Crippen LogP contribution < -0.4 is 5.73 Å². The third-order valence-corrected chi connectivity index (χ3v) is 3.65. The molecule has 0 fully saturated rings. The van der Waals surface area contributed by atoms with Crippen molar-refractivity contribution in [2.24, 2.45) is 11.7 Å². The van der Waals surface area contributed by atoms with Gasteiger partial charge in [-0.2, -0.15) is 0 Å². The molecule has 0 bridgehead atoms. The van der Waals surface area contributed by atoms with Crippen LogP contribution >= 0.6 is 0 Å². The Hall–Kier alpha value is -1.88. The monoisotopic (exact) mass is 278 g/mol. The minimum atomic E-state index is -0.858. The van der Waals surface area contributed by atoms with Gasteiger partial charge in [-0.15, -0.1) is 0 Å². The van der Waals surface area contributed by atoms with Gasteiger partial charge in [-0.25, -0.2) is 4.39 Å². The molecule has 0 saturated carbocycles. The minimum absolute atomic E-state index is 0.315. The number of nitrogens with one attached hydrogen (secondary N) is 1. The molecule has 1 atom stereocenters. The Morgan fingerprint density at radius 1 is 1.50 bits per heavy atom. The highest BCUT2D eigenvalue weighted by Gasteiger charge is 2.22. The van der Waals surface area contributed by atoms with E-state index in [0.717, 1.165) is 11.3 Å². The number of rotatable bonds is 6. The summed E-state index contributed by atoms with van der Waals surface area (Å²) in [4.78, 5) is 14.4. The average Bonchev–Trinajstić information content (AvgIpc) is 2.71. The van der Waals surface area contributed by atoms with Crippen LogP contribution in [0.1, 0.15) is 24.1 Å². The summed E-state index contributed by atoms with van der Waals surface area (Å²) in [6.07, 6.45) is 1.48. The van der Waals surface area contributed by atoms with Crippen molar-refractivity contribution < 1.29 is 14.3 Å². The molecule has 0 spiro atoms. The fourth-order valence-electron chi connectivity index (χ4n) is 2.58. The number of hydrogen-bond donors (Lipinski definition) is 3. The SMILES string of the molecule is Cc1[nH]c2cccc(F)c2c1CC(CCCN)C(=O)O. The van der Waals surface area contributed by atoms with E-state index in [9.17, 15) is 14.3 Å². The van der Waals surface area contributed by atoms with Gasteiger partial charge in [0.25, 0.3) is 0 Å².